The number of ether oxygens (including phenoxy) is 1. The summed E-state index contributed by atoms with van der Waals surface area (Å²) in [5, 5.41) is 3.54. The van der Waals surface area contributed by atoms with Crippen LogP contribution in [0.4, 0.5) is 0 Å². The first-order valence-electron chi connectivity index (χ1n) is 6.54. The second-order valence-corrected chi connectivity index (χ2v) is 5.52. The smallest absolute Gasteiger partial charge is 0.0587 e. The highest BCUT2D eigenvalue weighted by atomic mass is 16.5. The molecule has 88 valence electrons. The summed E-state index contributed by atoms with van der Waals surface area (Å²) in [5.41, 5.74) is 0.697. The van der Waals surface area contributed by atoms with E-state index in [0.29, 0.717) is 5.41 Å². The fraction of sp³-hybridized carbons (Fsp3) is 1.00. The molecule has 0 spiro atoms. The van der Waals surface area contributed by atoms with Crippen molar-refractivity contribution in [1.82, 2.24) is 5.32 Å². The lowest BCUT2D eigenvalue weighted by atomic mass is 9.91. The van der Waals surface area contributed by atoms with Crippen molar-refractivity contribution >= 4 is 0 Å². The summed E-state index contributed by atoms with van der Waals surface area (Å²) in [6.45, 7) is 3.09. The van der Waals surface area contributed by atoms with Crippen molar-refractivity contribution in [1.29, 1.82) is 0 Å². The van der Waals surface area contributed by atoms with E-state index < -0.39 is 0 Å². The molecule has 0 aromatic rings. The molecule has 2 heteroatoms. The Balaban J connectivity index is 1.62. The molecular weight excluding hydrogens is 186 g/mol. The molecule has 2 fully saturated rings. The van der Waals surface area contributed by atoms with Crippen LogP contribution in [0.5, 0.6) is 0 Å². The molecule has 2 aliphatic carbocycles. The third-order valence-electron chi connectivity index (χ3n) is 4.14. The Bertz CT molecular complexity index is 183. The summed E-state index contributed by atoms with van der Waals surface area (Å²) in [7, 11) is 1.77. The van der Waals surface area contributed by atoms with Crippen LogP contribution >= 0.6 is 0 Å². The van der Waals surface area contributed by atoms with E-state index in [-0.39, 0.29) is 0 Å². The van der Waals surface area contributed by atoms with Crippen molar-refractivity contribution in [2.24, 2.45) is 11.3 Å². The van der Waals surface area contributed by atoms with Gasteiger partial charge in [-0.05, 0) is 30.6 Å². The van der Waals surface area contributed by atoms with Crippen molar-refractivity contribution in [3.8, 4) is 0 Å². The fourth-order valence-electron chi connectivity index (χ4n) is 2.98. The molecule has 0 heterocycles. The molecule has 2 saturated carbocycles. The number of methoxy groups -OCH3 is 1. The van der Waals surface area contributed by atoms with Gasteiger partial charge in [0.05, 0.1) is 6.61 Å². The van der Waals surface area contributed by atoms with Crippen LogP contribution in [0.25, 0.3) is 0 Å². The molecule has 0 atom stereocenters. The molecule has 1 N–H and O–H groups in total. The van der Waals surface area contributed by atoms with Crippen molar-refractivity contribution in [2.75, 3.05) is 26.8 Å². The van der Waals surface area contributed by atoms with Gasteiger partial charge in [0, 0.05) is 20.2 Å². The molecule has 0 aromatic carbocycles. The van der Waals surface area contributed by atoms with Crippen LogP contribution in [0.3, 0.4) is 0 Å². The predicted molar refractivity (Wildman–Crippen MR) is 63.0 cm³/mol. The van der Waals surface area contributed by atoms with Gasteiger partial charge in [-0.2, -0.15) is 0 Å². The Hall–Kier alpha value is -0.0800. The van der Waals surface area contributed by atoms with E-state index >= 15 is 0 Å². The minimum Gasteiger partial charge on any atom is -0.383 e. The molecule has 2 nitrogen and oxygen atoms in total. The molecule has 15 heavy (non-hydrogen) atoms. The van der Waals surface area contributed by atoms with Gasteiger partial charge < -0.3 is 10.1 Å². The summed E-state index contributed by atoms with van der Waals surface area (Å²) < 4.78 is 5.05. The predicted octanol–water partition coefficient (Wildman–Crippen LogP) is 2.58. The summed E-state index contributed by atoms with van der Waals surface area (Å²) >= 11 is 0. The highest BCUT2D eigenvalue weighted by molar-refractivity contribution is 4.96. The number of hydrogen-bond donors (Lipinski definition) is 1. The van der Waals surface area contributed by atoms with Crippen molar-refractivity contribution in [3.63, 3.8) is 0 Å². The maximum atomic E-state index is 5.05. The van der Waals surface area contributed by atoms with E-state index in [2.05, 4.69) is 5.32 Å². The summed E-state index contributed by atoms with van der Waals surface area (Å²) in [6, 6.07) is 0. The molecule has 2 rings (SSSR count). The van der Waals surface area contributed by atoms with Crippen LogP contribution in [0, 0.1) is 11.3 Å². The SMILES string of the molecule is COCCNCC1(CC2CCCC2)CC1. The van der Waals surface area contributed by atoms with Gasteiger partial charge in [0.25, 0.3) is 0 Å². The Morgan fingerprint density at radius 1 is 1.27 bits per heavy atom. The zero-order valence-electron chi connectivity index (χ0n) is 10.1. The van der Waals surface area contributed by atoms with Crippen molar-refractivity contribution < 1.29 is 4.74 Å². The van der Waals surface area contributed by atoms with Gasteiger partial charge in [0.1, 0.15) is 0 Å². The Morgan fingerprint density at radius 3 is 2.60 bits per heavy atom. The zero-order valence-corrected chi connectivity index (χ0v) is 10.1. The highest BCUT2D eigenvalue weighted by Crippen LogP contribution is 2.52. The quantitative estimate of drug-likeness (QED) is 0.654. The normalized spacial score (nSPS) is 24.6. The second-order valence-electron chi connectivity index (χ2n) is 5.52. The van der Waals surface area contributed by atoms with E-state index in [0.717, 1.165) is 19.1 Å². The molecular formula is C13H25NO. The number of rotatable bonds is 7. The molecule has 2 aliphatic rings. The summed E-state index contributed by atoms with van der Waals surface area (Å²) in [4.78, 5) is 0. The highest BCUT2D eigenvalue weighted by Gasteiger charge is 2.43. The lowest BCUT2D eigenvalue weighted by Gasteiger charge is -2.20. The monoisotopic (exact) mass is 211 g/mol. The molecule has 0 bridgehead atoms. The largest absolute Gasteiger partial charge is 0.383 e. The van der Waals surface area contributed by atoms with E-state index in [4.69, 9.17) is 4.74 Å². The van der Waals surface area contributed by atoms with Gasteiger partial charge in [0.15, 0.2) is 0 Å². The van der Waals surface area contributed by atoms with Crippen LogP contribution < -0.4 is 5.32 Å². The van der Waals surface area contributed by atoms with Gasteiger partial charge in [0.2, 0.25) is 0 Å². The number of nitrogens with one attached hydrogen (secondary N) is 1. The summed E-state index contributed by atoms with van der Waals surface area (Å²) in [6.07, 6.45) is 10.4. The molecule has 0 saturated heterocycles. The van der Waals surface area contributed by atoms with Crippen LogP contribution in [0.15, 0.2) is 0 Å². The Kier molecular flexibility index (Phi) is 4.04. The number of hydrogen-bond acceptors (Lipinski definition) is 2. The molecule has 0 aromatic heterocycles. The Morgan fingerprint density at radius 2 is 2.00 bits per heavy atom. The fourth-order valence-corrected chi connectivity index (χ4v) is 2.98. The third kappa shape index (κ3) is 3.46. The van der Waals surface area contributed by atoms with E-state index in [1.165, 1.54) is 51.5 Å². The molecule has 0 unspecified atom stereocenters. The molecule has 0 aliphatic heterocycles. The zero-order chi connectivity index (χ0) is 10.6. The van der Waals surface area contributed by atoms with Gasteiger partial charge >= 0.3 is 0 Å². The van der Waals surface area contributed by atoms with E-state index in [1.54, 1.807) is 7.11 Å². The lowest BCUT2D eigenvalue weighted by molar-refractivity contribution is 0.195. The Labute approximate surface area is 93.8 Å². The van der Waals surface area contributed by atoms with Gasteiger partial charge in [-0.25, -0.2) is 0 Å². The second kappa shape index (κ2) is 5.31. The summed E-state index contributed by atoms with van der Waals surface area (Å²) in [5.74, 6) is 1.05. The minimum atomic E-state index is 0.697. The average Bonchev–Trinajstić information content (AvgIpc) is 2.79. The average molecular weight is 211 g/mol. The maximum absolute atomic E-state index is 5.05. The third-order valence-corrected chi connectivity index (χ3v) is 4.14. The standard InChI is InChI=1S/C13H25NO/c1-15-9-8-14-11-13(6-7-13)10-12-4-2-3-5-12/h12,14H,2-11H2,1H3. The maximum Gasteiger partial charge on any atom is 0.0587 e. The van der Waals surface area contributed by atoms with Gasteiger partial charge in [-0.1, -0.05) is 25.7 Å². The van der Waals surface area contributed by atoms with Gasteiger partial charge in [-0.3, -0.25) is 0 Å². The van der Waals surface area contributed by atoms with E-state index in [1.807, 2.05) is 0 Å². The minimum absolute atomic E-state index is 0.697. The first-order chi connectivity index (χ1) is 7.35. The molecule has 0 radical (unpaired) electrons. The van der Waals surface area contributed by atoms with Crippen LogP contribution in [-0.4, -0.2) is 26.8 Å². The molecule has 0 amide bonds. The van der Waals surface area contributed by atoms with Crippen molar-refractivity contribution in [2.45, 2.75) is 44.9 Å². The van der Waals surface area contributed by atoms with Crippen LogP contribution in [-0.2, 0) is 4.74 Å². The van der Waals surface area contributed by atoms with Gasteiger partial charge in [-0.15, -0.1) is 0 Å². The van der Waals surface area contributed by atoms with E-state index in [9.17, 15) is 0 Å². The van der Waals surface area contributed by atoms with Crippen LogP contribution in [0.2, 0.25) is 0 Å². The lowest BCUT2D eigenvalue weighted by Crippen LogP contribution is -2.28. The topological polar surface area (TPSA) is 21.3 Å². The van der Waals surface area contributed by atoms with Crippen LogP contribution in [0.1, 0.15) is 44.9 Å². The first kappa shape index (κ1) is 11.4. The van der Waals surface area contributed by atoms with Crippen molar-refractivity contribution in [3.05, 3.63) is 0 Å². The first-order valence-corrected chi connectivity index (χ1v) is 6.54.